The molecular formula is C8H16N2O4S2. The number of carbonyl (C=O) groups excluding carboxylic acids is 1. The van der Waals surface area contributed by atoms with Crippen LogP contribution in [0.2, 0.25) is 0 Å². The van der Waals surface area contributed by atoms with Gasteiger partial charge < -0.3 is 10.5 Å². The number of thiocarbonyl (C=S) groups is 1. The van der Waals surface area contributed by atoms with Gasteiger partial charge in [-0.15, -0.1) is 0 Å². The zero-order valence-electron chi connectivity index (χ0n) is 9.23. The standard InChI is InChI=1S/C8H16N2O4S2/c1-3-14-7(11)4-5-16(12,13)10-6(2)8(9)15/h6,10H,3-5H2,1-2H3,(H2,9,15). The molecule has 1 atom stereocenters. The molecule has 0 saturated heterocycles. The lowest BCUT2D eigenvalue weighted by Gasteiger charge is -2.12. The number of nitrogens with two attached hydrogens (primary N) is 1. The highest BCUT2D eigenvalue weighted by molar-refractivity contribution is 7.89. The van der Waals surface area contributed by atoms with Crippen molar-refractivity contribution in [3.63, 3.8) is 0 Å². The molecule has 16 heavy (non-hydrogen) atoms. The second-order valence-corrected chi connectivity index (χ2v) is 5.46. The van der Waals surface area contributed by atoms with Crippen LogP contribution in [-0.4, -0.2) is 37.8 Å². The van der Waals surface area contributed by atoms with Crippen LogP contribution in [0.5, 0.6) is 0 Å². The first-order valence-corrected chi connectivity index (χ1v) is 6.79. The second kappa shape index (κ2) is 6.77. The normalized spacial score (nSPS) is 13.1. The highest BCUT2D eigenvalue weighted by atomic mass is 32.2. The van der Waals surface area contributed by atoms with Crippen molar-refractivity contribution < 1.29 is 17.9 Å². The highest BCUT2D eigenvalue weighted by Crippen LogP contribution is 1.95. The minimum atomic E-state index is -3.56. The Hall–Kier alpha value is -0.730. The lowest BCUT2D eigenvalue weighted by atomic mass is 10.4. The van der Waals surface area contributed by atoms with Crippen molar-refractivity contribution in [3.05, 3.63) is 0 Å². The average Bonchev–Trinajstić information content (AvgIpc) is 2.14. The van der Waals surface area contributed by atoms with Gasteiger partial charge in [0, 0.05) is 0 Å². The second-order valence-electron chi connectivity index (χ2n) is 3.12. The maximum atomic E-state index is 11.4. The van der Waals surface area contributed by atoms with E-state index in [2.05, 4.69) is 21.7 Å². The van der Waals surface area contributed by atoms with Gasteiger partial charge in [-0.3, -0.25) is 4.79 Å². The molecule has 0 aromatic rings. The topological polar surface area (TPSA) is 98.5 Å². The van der Waals surface area contributed by atoms with Crippen LogP contribution in [0.4, 0.5) is 0 Å². The SMILES string of the molecule is CCOC(=O)CCS(=O)(=O)NC(C)C(N)=S. The maximum Gasteiger partial charge on any atom is 0.306 e. The molecule has 0 aromatic heterocycles. The van der Waals surface area contributed by atoms with Crippen LogP contribution >= 0.6 is 12.2 Å². The summed E-state index contributed by atoms with van der Waals surface area (Å²) in [5.41, 5.74) is 5.26. The average molecular weight is 268 g/mol. The van der Waals surface area contributed by atoms with E-state index in [9.17, 15) is 13.2 Å². The summed E-state index contributed by atoms with van der Waals surface area (Å²) in [6.07, 6.45) is -0.187. The minimum Gasteiger partial charge on any atom is -0.466 e. The Morgan fingerprint density at radius 2 is 2.12 bits per heavy atom. The first-order valence-electron chi connectivity index (χ1n) is 4.73. The van der Waals surface area contributed by atoms with E-state index in [0.717, 1.165) is 0 Å². The van der Waals surface area contributed by atoms with Crippen molar-refractivity contribution in [3.8, 4) is 0 Å². The van der Waals surface area contributed by atoms with Crippen molar-refractivity contribution in [2.24, 2.45) is 5.73 Å². The minimum absolute atomic E-state index is 0.0553. The molecule has 0 amide bonds. The molecule has 0 aliphatic rings. The van der Waals surface area contributed by atoms with E-state index < -0.39 is 22.0 Å². The molecule has 94 valence electrons. The lowest BCUT2D eigenvalue weighted by molar-refractivity contribution is -0.142. The molecule has 8 heteroatoms. The molecule has 0 fully saturated rings. The van der Waals surface area contributed by atoms with Gasteiger partial charge in [0.05, 0.1) is 29.8 Å². The number of esters is 1. The molecule has 0 radical (unpaired) electrons. The zero-order valence-corrected chi connectivity index (χ0v) is 10.9. The van der Waals surface area contributed by atoms with Gasteiger partial charge in [0.15, 0.2) is 0 Å². The van der Waals surface area contributed by atoms with Crippen LogP contribution in [0.3, 0.4) is 0 Å². The van der Waals surface area contributed by atoms with Gasteiger partial charge >= 0.3 is 5.97 Å². The molecule has 0 bridgehead atoms. The Morgan fingerprint density at radius 1 is 1.56 bits per heavy atom. The molecule has 0 heterocycles. The van der Waals surface area contributed by atoms with E-state index >= 15 is 0 Å². The summed E-state index contributed by atoms with van der Waals surface area (Å²) < 4.78 is 29.7. The third-order valence-electron chi connectivity index (χ3n) is 1.66. The Kier molecular flexibility index (Phi) is 6.46. The third-order valence-corrected chi connectivity index (χ3v) is 3.47. The molecule has 0 aromatic carbocycles. The Morgan fingerprint density at radius 3 is 2.56 bits per heavy atom. The number of ether oxygens (including phenoxy) is 1. The predicted octanol–water partition coefficient (Wildman–Crippen LogP) is -0.466. The smallest absolute Gasteiger partial charge is 0.306 e. The summed E-state index contributed by atoms with van der Waals surface area (Å²) in [6, 6.07) is -0.623. The van der Waals surface area contributed by atoms with Gasteiger partial charge in [-0.1, -0.05) is 12.2 Å². The highest BCUT2D eigenvalue weighted by Gasteiger charge is 2.17. The van der Waals surface area contributed by atoms with Crippen LogP contribution in [0.25, 0.3) is 0 Å². The van der Waals surface area contributed by atoms with E-state index in [4.69, 9.17) is 5.73 Å². The van der Waals surface area contributed by atoms with Gasteiger partial charge in [-0.05, 0) is 13.8 Å². The Balaban J connectivity index is 4.16. The molecule has 3 N–H and O–H groups in total. The van der Waals surface area contributed by atoms with Crippen molar-refractivity contribution in [2.75, 3.05) is 12.4 Å². The van der Waals surface area contributed by atoms with Crippen molar-refractivity contribution in [1.29, 1.82) is 0 Å². The van der Waals surface area contributed by atoms with E-state index in [1.807, 2.05) is 0 Å². The summed E-state index contributed by atoms with van der Waals surface area (Å²) in [5, 5.41) is 0. The van der Waals surface area contributed by atoms with Gasteiger partial charge in [0.25, 0.3) is 0 Å². The summed E-state index contributed by atoms with van der Waals surface area (Å²) >= 11 is 4.62. The molecule has 0 rings (SSSR count). The molecule has 6 nitrogen and oxygen atoms in total. The summed E-state index contributed by atoms with van der Waals surface area (Å²) in [4.78, 5) is 11.0. The van der Waals surface area contributed by atoms with Crippen LogP contribution in [0, 0.1) is 0 Å². The number of rotatable bonds is 7. The first kappa shape index (κ1) is 15.3. The predicted molar refractivity (Wildman–Crippen MR) is 64.4 cm³/mol. The van der Waals surface area contributed by atoms with E-state index in [0.29, 0.717) is 0 Å². The van der Waals surface area contributed by atoms with Gasteiger partial charge in [-0.2, -0.15) is 0 Å². The summed E-state index contributed by atoms with van der Waals surface area (Å²) in [7, 11) is -3.56. The molecule has 0 aliphatic carbocycles. The van der Waals surface area contributed by atoms with E-state index in [1.54, 1.807) is 6.92 Å². The zero-order chi connectivity index (χ0) is 12.8. The molecule has 0 spiro atoms. The summed E-state index contributed by atoms with van der Waals surface area (Å²) in [5.74, 6) is -0.880. The van der Waals surface area contributed by atoms with Gasteiger partial charge in [0.1, 0.15) is 0 Å². The number of nitrogens with one attached hydrogen (secondary N) is 1. The van der Waals surface area contributed by atoms with Crippen LogP contribution in [0.1, 0.15) is 20.3 Å². The fourth-order valence-corrected chi connectivity index (χ4v) is 2.19. The van der Waals surface area contributed by atoms with Crippen LogP contribution < -0.4 is 10.5 Å². The van der Waals surface area contributed by atoms with Crippen LogP contribution in [0.15, 0.2) is 0 Å². The van der Waals surface area contributed by atoms with Crippen molar-refractivity contribution in [1.82, 2.24) is 4.72 Å². The maximum absolute atomic E-state index is 11.4. The van der Waals surface area contributed by atoms with Crippen LogP contribution in [-0.2, 0) is 19.6 Å². The summed E-state index contributed by atoms with van der Waals surface area (Å²) in [6.45, 7) is 3.42. The first-order chi connectivity index (χ1) is 7.28. The molecule has 1 unspecified atom stereocenters. The number of hydrogen-bond donors (Lipinski definition) is 2. The van der Waals surface area contributed by atoms with E-state index in [-0.39, 0.29) is 23.8 Å². The quantitative estimate of drug-likeness (QED) is 0.478. The molecular weight excluding hydrogens is 252 g/mol. The third kappa shape index (κ3) is 6.70. The van der Waals surface area contributed by atoms with Gasteiger partial charge in [-0.25, -0.2) is 13.1 Å². The van der Waals surface area contributed by atoms with Gasteiger partial charge in [0.2, 0.25) is 10.0 Å². The number of sulfonamides is 1. The fourth-order valence-electron chi connectivity index (χ4n) is 0.837. The molecule has 0 saturated carbocycles. The van der Waals surface area contributed by atoms with Crippen molar-refractivity contribution >= 4 is 33.2 Å². The Bertz CT molecular complexity index is 353. The largest absolute Gasteiger partial charge is 0.466 e. The number of hydrogen-bond acceptors (Lipinski definition) is 5. The molecule has 0 aliphatic heterocycles. The fraction of sp³-hybridized carbons (Fsp3) is 0.750. The monoisotopic (exact) mass is 268 g/mol. The Labute approximate surface area is 101 Å². The van der Waals surface area contributed by atoms with Crippen molar-refractivity contribution in [2.45, 2.75) is 26.3 Å². The lowest BCUT2D eigenvalue weighted by Crippen LogP contribution is -2.42. The number of carbonyl (C=O) groups is 1. The van der Waals surface area contributed by atoms with E-state index in [1.165, 1.54) is 6.92 Å².